The second-order valence-corrected chi connectivity index (χ2v) is 8.63. The molecule has 1 aromatic rings. The van der Waals surface area contributed by atoms with Crippen LogP contribution < -0.4 is 16.4 Å². The Bertz CT molecular complexity index is 773. The predicted octanol–water partition coefficient (Wildman–Crippen LogP) is 1.49. The minimum Gasteiger partial charge on any atom is -0.455 e. The summed E-state index contributed by atoms with van der Waals surface area (Å²) >= 11 is 0. The number of rotatable bonds is 4. The molecule has 3 heterocycles. The topological polar surface area (TPSA) is 118 Å². The summed E-state index contributed by atoms with van der Waals surface area (Å²) in [5, 5.41) is 6.17. The Morgan fingerprint density at radius 3 is 2.52 bits per heavy atom. The first-order chi connectivity index (χ1) is 12.5. The molecule has 2 saturated heterocycles. The van der Waals surface area contributed by atoms with Crippen molar-refractivity contribution in [2.24, 2.45) is 11.7 Å². The Hall–Kier alpha value is -2.35. The lowest BCUT2D eigenvalue weighted by Gasteiger charge is -2.34. The predicted molar refractivity (Wildman–Crippen MR) is 99.0 cm³/mol. The van der Waals surface area contributed by atoms with Crippen LogP contribution in [0.2, 0.25) is 0 Å². The maximum Gasteiger partial charge on any atom is 0.325 e. The molecule has 0 unspecified atom stereocenters. The van der Waals surface area contributed by atoms with E-state index in [1.807, 2.05) is 20.8 Å². The summed E-state index contributed by atoms with van der Waals surface area (Å²) in [6.45, 7) is 9.33. The molecule has 4 N–H and O–H groups in total. The van der Waals surface area contributed by atoms with Gasteiger partial charge < -0.3 is 20.8 Å². The van der Waals surface area contributed by atoms with Crippen LogP contribution in [0.1, 0.15) is 62.4 Å². The van der Waals surface area contributed by atoms with Gasteiger partial charge in [-0.2, -0.15) is 0 Å². The van der Waals surface area contributed by atoms with Gasteiger partial charge in [0.2, 0.25) is 0 Å². The lowest BCUT2D eigenvalue weighted by atomic mass is 9.79. The first-order valence-corrected chi connectivity index (χ1v) is 9.32. The zero-order valence-corrected chi connectivity index (χ0v) is 16.3. The first-order valence-electron chi connectivity index (χ1n) is 9.32. The van der Waals surface area contributed by atoms with Crippen molar-refractivity contribution in [2.75, 3.05) is 13.1 Å². The van der Waals surface area contributed by atoms with Crippen molar-refractivity contribution in [3.8, 4) is 0 Å². The largest absolute Gasteiger partial charge is 0.455 e. The molecule has 0 aliphatic carbocycles. The normalized spacial score (nSPS) is 24.4. The van der Waals surface area contributed by atoms with E-state index in [1.165, 1.54) is 11.0 Å². The number of imide groups is 1. The number of piperidine rings is 1. The van der Waals surface area contributed by atoms with Gasteiger partial charge in [-0.3, -0.25) is 14.5 Å². The van der Waals surface area contributed by atoms with Gasteiger partial charge in [-0.1, -0.05) is 20.8 Å². The van der Waals surface area contributed by atoms with Crippen molar-refractivity contribution in [1.29, 1.82) is 0 Å². The van der Waals surface area contributed by atoms with Crippen LogP contribution >= 0.6 is 0 Å². The van der Waals surface area contributed by atoms with E-state index in [0.717, 1.165) is 25.9 Å². The molecule has 8 nitrogen and oxygen atoms in total. The van der Waals surface area contributed by atoms with E-state index in [1.54, 1.807) is 6.92 Å². The minimum absolute atomic E-state index is 0.0306. The highest BCUT2D eigenvalue weighted by molar-refractivity contribution is 6.07. The highest BCUT2D eigenvalue weighted by Crippen LogP contribution is 2.35. The summed E-state index contributed by atoms with van der Waals surface area (Å²) in [5.41, 5.74) is 4.66. The first kappa shape index (κ1) is 19.4. The molecule has 0 radical (unpaired) electrons. The molecule has 2 fully saturated rings. The van der Waals surface area contributed by atoms with Crippen LogP contribution in [0.25, 0.3) is 0 Å². The molecule has 3 rings (SSSR count). The lowest BCUT2D eigenvalue weighted by molar-refractivity contribution is -0.133. The molecule has 1 atom stereocenters. The van der Waals surface area contributed by atoms with Crippen LogP contribution in [-0.4, -0.2) is 41.4 Å². The zero-order valence-electron chi connectivity index (χ0n) is 16.3. The van der Waals surface area contributed by atoms with E-state index in [9.17, 15) is 14.4 Å². The minimum atomic E-state index is -0.905. The molecule has 2 aliphatic heterocycles. The third-order valence-electron chi connectivity index (χ3n) is 5.52. The standard InChI is InChI=1S/C19H28N4O4/c1-18(2,3)14-11(9-13(27-14)15(20)24)10-23-16(25)19(4,22-17(23)26)12-5-7-21-8-6-12/h9,12,21H,5-8,10H2,1-4H3,(H2,20,24)(H,22,26)/t19-/m1/s1. The van der Waals surface area contributed by atoms with Gasteiger partial charge in [0.05, 0.1) is 6.54 Å². The summed E-state index contributed by atoms with van der Waals surface area (Å²) in [6, 6.07) is 1.12. The molecule has 148 valence electrons. The lowest BCUT2D eigenvalue weighted by Crippen LogP contribution is -2.53. The van der Waals surface area contributed by atoms with Gasteiger partial charge in [0.25, 0.3) is 11.8 Å². The van der Waals surface area contributed by atoms with Crippen LogP contribution in [-0.2, 0) is 16.8 Å². The molecule has 2 aliphatic rings. The number of carbonyl (C=O) groups excluding carboxylic acids is 3. The fourth-order valence-electron chi connectivity index (χ4n) is 4.01. The van der Waals surface area contributed by atoms with Gasteiger partial charge in [0, 0.05) is 11.0 Å². The van der Waals surface area contributed by atoms with Gasteiger partial charge in [-0.05, 0) is 44.8 Å². The average Bonchev–Trinajstić information content (AvgIpc) is 3.12. The van der Waals surface area contributed by atoms with Crippen molar-refractivity contribution in [3.63, 3.8) is 0 Å². The van der Waals surface area contributed by atoms with Crippen molar-refractivity contribution < 1.29 is 18.8 Å². The van der Waals surface area contributed by atoms with Gasteiger partial charge in [0.15, 0.2) is 5.76 Å². The van der Waals surface area contributed by atoms with Crippen LogP contribution in [0, 0.1) is 5.92 Å². The SMILES string of the molecule is CC(C)(C)c1oc(C(N)=O)cc1CN1C(=O)N[C@](C)(C2CCNCC2)C1=O. The Balaban J connectivity index is 1.89. The number of nitrogens with two attached hydrogens (primary N) is 1. The van der Waals surface area contributed by atoms with Gasteiger partial charge >= 0.3 is 6.03 Å². The molecule has 27 heavy (non-hydrogen) atoms. The summed E-state index contributed by atoms with van der Waals surface area (Å²) < 4.78 is 5.64. The molecule has 0 spiro atoms. The summed E-state index contributed by atoms with van der Waals surface area (Å²) in [5.74, 6) is -0.243. The van der Waals surface area contributed by atoms with Crippen LogP contribution in [0.3, 0.4) is 0 Å². The number of urea groups is 1. The van der Waals surface area contributed by atoms with Crippen LogP contribution in [0.5, 0.6) is 0 Å². The number of amides is 4. The second kappa shape index (κ2) is 6.67. The van der Waals surface area contributed by atoms with Crippen molar-refractivity contribution >= 4 is 17.8 Å². The third kappa shape index (κ3) is 3.45. The second-order valence-electron chi connectivity index (χ2n) is 8.63. The molecule has 0 bridgehead atoms. The number of furan rings is 1. The van der Waals surface area contributed by atoms with Crippen LogP contribution in [0.15, 0.2) is 10.5 Å². The summed E-state index contributed by atoms with van der Waals surface area (Å²) in [6.07, 6.45) is 1.67. The highest BCUT2D eigenvalue weighted by Gasteiger charge is 2.52. The van der Waals surface area contributed by atoms with Crippen molar-refractivity contribution in [3.05, 3.63) is 23.2 Å². The number of nitrogens with one attached hydrogen (secondary N) is 2. The Kier molecular flexibility index (Phi) is 4.80. The van der Waals surface area contributed by atoms with Gasteiger partial charge in [0.1, 0.15) is 11.3 Å². The number of primary amides is 1. The fraction of sp³-hybridized carbons (Fsp3) is 0.632. The molecule has 1 aromatic heterocycles. The zero-order chi connectivity index (χ0) is 20.0. The maximum atomic E-state index is 13.1. The Labute approximate surface area is 158 Å². The smallest absolute Gasteiger partial charge is 0.325 e. The van der Waals surface area contributed by atoms with E-state index in [4.69, 9.17) is 10.2 Å². The fourth-order valence-corrected chi connectivity index (χ4v) is 4.01. The van der Waals surface area contributed by atoms with Gasteiger partial charge in [-0.25, -0.2) is 4.79 Å². The number of hydrogen-bond acceptors (Lipinski definition) is 5. The number of nitrogens with zero attached hydrogens (tertiary/aromatic N) is 1. The Morgan fingerprint density at radius 1 is 1.33 bits per heavy atom. The number of hydrogen-bond donors (Lipinski definition) is 3. The monoisotopic (exact) mass is 376 g/mol. The van der Waals surface area contributed by atoms with E-state index >= 15 is 0 Å². The molecule has 4 amide bonds. The number of carbonyl (C=O) groups is 3. The van der Waals surface area contributed by atoms with E-state index in [-0.39, 0.29) is 24.1 Å². The van der Waals surface area contributed by atoms with Crippen LogP contribution in [0.4, 0.5) is 4.79 Å². The summed E-state index contributed by atoms with van der Waals surface area (Å²) in [4.78, 5) is 38.5. The van der Waals surface area contributed by atoms with E-state index < -0.39 is 22.9 Å². The summed E-state index contributed by atoms with van der Waals surface area (Å²) in [7, 11) is 0. The molecule has 0 aromatic carbocycles. The highest BCUT2D eigenvalue weighted by atomic mass is 16.4. The molecular weight excluding hydrogens is 348 g/mol. The third-order valence-corrected chi connectivity index (χ3v) is 5.52. The quantitative estimate of drug-likeness (QED) is 0.688. The van der Waals surface area contributed by atoms with E-state index in [2.05, 4.69) is 10.6 Å². The Morgan fingerprint density at radius 2 is 1.96 bits per heavy atom. The molecule has 0 saturated carbocycles. The molecular formula is C19H28N4O4. The van der Waals surface area contributed by atoms with Gasteiger partial charge in [-0.15, -0.1) is 0 Å². The molecule has 8 heteroatoms. The maximum absolute atomic E-state index is 13.1. The van der Waals surface area contributed by atoms with Crippen molar-refractivity contribution in [2.45, 2.75) is 58.0 Å². The average molecular weight is 376 g/mol. The van der Waals surface area contributed by atoms with E-state index in [0.29, 0.717) is 11.3 Å². The van der Waals surface area contributed by atoms with Crippen molar-refractivity contribution in [1.82, 2.24) is 15.5 Å².